The Kier molecular flexibility index (Phi) is 5.31. The fourth-order valence-corrected chi connectivity index (χ4v) is 9.33. The molecule has 6 aliphatic rings. The summed E-state index contributed by atoms with van der Waals surface area (Å²) in [7, 11) is 0. The average molecular weight is 471 g/mol. The first-order valence-electron chi connectivity index (χ1n) is 13.3. The molecule has 0 aromatic heterocycles. The van der Waals surface area contributed by atoms with E-state index in [4.69, 9.17) is 9.47 Å². The van der Waals surface area contributed by atoms with Gasteiger partial charge >= 0.3 is 0 Å². The standard InChI is InChI=1S/C28H38O6/c1-26-11-10-18(30)12-17(26)8-9-19-20-13-23-28(22(32)15-29,27(20,2)14-21(31)24(19)26)34-25(33-23)16-6-4-3-5-7-16/h10-12,16,19-21,23-25,29,31H,3-9,13-15H2,1-2H3/t19?,20?,21?,23?,24?,25?,26-,27-,28+/m0/s1. The van der Waals surface area contributed by atoms with Crippen LogP contribution in [0.2, 0.25) is 0 Å². The van der Waals surface area contributed by atoms with E-state index in [-0.39, 0.29) is 46.8 Å². The number of aliphatic hydroxyl groups excluding tert-OH is 2. The lowest BCUT2D eigenvalue weighted by Gasteiger charge is -2.59. The maximum absolute atomic E-state index is 13.5. The second kappa shape index (κ2) is 7.83. The van der Waals surface area contributed by atoms with Crippen LogP contribution in [0.15, 0.2) is 23.8 Å². The highest BCUT2D eigenvalue weighted by atomic mass is 16.7. The van der Waals surface area contributed by atoms with Crippen LogP contribution in [-0.4, -0.2) is 52.5 Å². The van der Waals surface area contributed by atoms with Gasteiger partial charge in [0, 0.05) is 22.7 Å². The molecular formula is C28H38O6. The number of aliphatic hydroxyl groups is 2. The number of carbonyl (C=O) groups excluding carboxylic acids is 2. The van der Waals surface area contributed by atoms with Gasteiger partial charge < -0.3 is 19.7 Å². The number of ketones is 2. The van der Waals surface area contributed by atoms with E-state index in [0.717, 1.165) is 50.5 Å². The molecule has 0 spiro atoms. The molecule has 9 atom stereocenters. The van der Waals surface area contributed by atoms with Gasteiger partial charge in [-0.25, -0.2) is 0 Å². The summed E-state index contributed by atoms with van der Waals surface area (Å²) in [5.41, 5.74) is -1.04. The number of Topliss-reactive ketones (excluding diaryl/α,β-unsaturated/α-hetero) is 1. The zero-order valence-corrected chi connectivity index (χ0v) is 20.4. The van der Waals surface area contributed by atoms with E-state index in [9.17, 15) is 19.8 Å². The zero-order valence-electron chi connectivity index (χ0n) is 20.4. The summed E-state index contributed by atoms with van der Waals surface area (Å²) >= 11 is 0. The number of hydrogen-bond acceptors (Lipinski definition) is 6. The maximum Gasteiger partial charge on any atom is 0.193 e. The Morgan fingerprint density at radius 1 is 1.18 bits per heavy atom. The molecule has 6 unspecified atom stereocenters. The number of allylic oxidation sites excluding steroid dienone is 4. The van der Waals surface area contributed by atoms with Gasteiger partial charge in [0.2, 0.25) is 0 Å². The highest BCUT2D eigenvalue weighted by Crippen LogP contribution is 2.70. The minimum atomic E-state index is -1.20. The van der Waals surface area contributed by atoms with E-state index in [1.807, 2.05) is 6.08 Å². The van der Waals surface area contributed by atoms with Crippen molar-refractivity contribution in [3.8, 4) is 0 Å². The molecule has 0 bridgehead atoms. The molecule has 0 amide bonds. The minimum absolute atomic E-state index is 0.0100. The van der Waals surface area contributed by atoms with Crippen molar-refractivity contribution < 1.29 is 29.3 Å². The zero-order chi connectivity index (χ0) is 23.9. The second-order valence-corrected chi connectivity index (χ2v) is 12.3. The van der Waals surface area contributed by atoms with Gasteiger partial charge in [-0.05, 0) is 62.5 Å². The van der Waals surface area contributed by atoms with E-state index in [0.29, 0.717) is 6.42 Å². The highest BCUT2D eigenvalue weighted by Gasteiger charge is 2.76. The number of carbonyl (C=O) groups is 2. The average Bonchev–Trinajstić information content (AvgIpc) is 3.32. The third-order valence-corrected chi connectivity index (χ3v) is 10.8. The van der Waals surface area contributed by atoms with Crippen molar-refractivity contribution in [2.75, 3.05) is 6.61 Å². The lowest BCUT2D eigenvalue weighted by atomic mass is 9.46. The monoisotopic (exact) mass is 470 g/mol. The van der Waals surface area contributed by atoms with Crippen molar-refractivity contribution in [1.29, 1.82) is 0 Å². The molecule has 0 radical (unpaired) electrons. The topological polar surface area (TPSA) is 93.1 Å². The number of fused-ring (bicyclic) bond motifs is 7. The Labute approximate surface area is 201 Å². The Hall–Kier alpha value is -1.34. The van der Waals surface area contributed by atoms with Crippen LogP contribution < -0.4 is 0 Å². The van der Waals surface area contributed by atoms with E-state index in [2.05, 4.69) is 13.8 Å². The molecule has 4 saturated carbocycles. The van der Waals surface area contributed by atoms with Gasteiger partial charge in [-0.1, -0.05) is 44.8 Å². The number of rotatable bonds is 3. The predicted molar refractivity (Wildman–Crippen MR) is 125 cm³/mol. The van der Waals surface area contributed by atoms with Crippen molar-refractivity contribution in [1.82, 2.24) is 0 Å². The van der Waals surface area contributed by atoms with Crippen LogP contribution >= 0.6 is 0 Å². The lowest BCUT2D eigenvalue weighted by Crippen LogP contribution is -2.63. The van der Waals surface area contributed by atoms with E-state index in [1.54, 1.807) is 12.2 Å². The summed E-state index contributed by atoms with van der Waals surface area (Å²) in [4.78, 5) is 25.6. The molecule has 5 fully saturated rings. The largest absolute Gasteiger partial charge is 0.393 e. The van der Waals surface area contributed by atoms with Crippen LogP contribution in [0.1, 0.15) is 71.6 Å². The van der Waals surface area contributed by atoms with Gasteiger partial charge in [-0.15, -0.1) is 0 Å². The fourth-order valence-electron chi connectivity index (χ4n) is 9.33. The van der Waals surface area contributed by atoms with Crippen molar-refractivity contribution in [3.05, 3.63) is 23.8 Å². The molecule has 1 aliphatic heterocycles. The SMILES string of the molecule is C[C@]12C=CC(=O)C=C1CCC1C2C(O)C[C@@]2(C)C1CC1OC(C3CCCCC3)O[C@]12C(=O)CO. The fraction of sp³-hybridized carbons (Fsp3) is 0.786. The van der Waals surface area contributed by atoms with Crippen molar-refractivity contribution >= 4 is 11.6 Å². The van der Waals surface area contributed by atoms with Gasteiger partial charge in [0.05, 0.1) is 12.2 Å². The summed E-state index contributed by atoms with van der Waals surface area (Å²) in [6.07, 6.45) is 12.5. The van der Waals surface area contributed by atoms with Crippen LogP contribution in [0.4, 0.5) is 0 Å². The summed E-state index contributed by atoms with van der Waals surface area (Å²) in [5.74, 6) is 0.360. The lowest BCUT2D eigenvalue weighted by molar-refractivity contribution is -0.209. The molecule has 0 aromatic carbocycles. The van der Waals surface area contributed by atoms with Crippen LogP contribution in [-0.2, 0) is 19.1 Å². The van der Waals surface area contributed by atoms with Crippen LogP contribution in [0.3, 0.4) is 0 Å². The first-order chi connectivity index (χ1) is 16.2. The number of hydrogen-bond donors (Lipinski definition) is 2. The van der Waals surface area contributed by atoms with Crippen molar-refractivity contribution in [2.45, 2.75) is 95.7 Å². The third-order valence-electron chi connectivity index (χ3n) is 10.8. The van der Waals surface area contributed by atoms with Crippen molar-refractivity contribution in [2.24, 2.45) is 34.5 Å². The maximum atomic E-state index is 13.5. The quantitative estimate of drug-likeness (QED) is 0.656. The Morgan fingerprint density at radius 2 is 1.94 bits per heavy atom. The number of ether oxygens (including phenoxy) is 2. The van der Waals surface area contributed by atoms with Gasteiger partial charge in [-0.2, -0.15) is 0 Å². The van der Waals surface area contributed by atoms with Crippen LogP contribution in [0.25, 0.3) is 0 Å². The van der Waals surface area contributed by atoms with E-state index in [1.165, 1.54) is 6.42 Å². The van der Waals surface area contributed by atoms with Crippen molar-refractivity contribution in [3.63, 3.8) is 0 Å². The third kappa shape index (κ3) is 2.89. The molecule has 5 aliphatic carbocycles. The Balaban J connectivity index is 1.37. The van der Waals surface area contributed by atoms with Gasteiger partial charge in [-0.3, -0.25) is 9.59 Å². The molecule has 186 valence electrons. The molecule has 6 heteroatoms. The minimum Gasteiger partial charge on any atom is -0.393 e. The molecule has 34 heavy (non-hydrogen) atoms. The molecule has 1 saturated heterocycles. The smallest absolute Gasteiger partial charge is 0.193 e. The summed E-state index contributed by atoms with van der Waals surface area (Å²) < 4.78 is 13.3. The first kappa shape index (κ1) is 23.1. The molecule has 6 rings (SSSR count). The predicted octanol–water partition coefficient (Wildman–Crippen LogP) is 3.50. The summed E-state index contributed by atoms with van der Waals surface area (Å²) in [5, 5.41) is 21.7. The Morgan fingerprint density at radius 3 is 2.68 bits per heavy atom. The van der Waals surface area contributed by atoms with Crippen LogP contribution in [0, 0.1) is 34.5 Å². The first-order valence-corrected chi connectivity index (χ1v) is 13.3. The molecule has 2 N–H and O–H groups in total. The van der Waals surface area contributed by atoms with Gasteiger partial charge in [0.1, 0.15) is 6.61 Å². The summed E-state index contributed by atoms with van der Waals surface area (Å²) in [6, 6.07) is 0. The normalized spacial score (nSPS) is 50.2. The highest BCUT2D eigenvalue weighted by molar-refractivity contribution is 6.01. The molecule has 1 heterocycles. The van der Waals surface area contributed by atoms with Gasteiger partial charge in [0.15, 0.2) is 23.5 Å². The van der Waals surface area contributed by atoms with Gasteiger partial charge in [0.25, 0.3) is 0 Å². The Bertz CT molecular complexity index is 949. The molecular weight excluding hydrogens is 432 g/mol. The van der Waals surface area contributed by atoms with E-state index < -0.39 is 30.0 Å². The van der Waals surface area contributed by atoms with E-state index >= 15 is 0 Å². The summed E-state index contributed by atoms with van der Waals surface area (Å²) in [6.45, 7) is 3.69. The van der Waals surface area contributed by atoms with Crippen LogP contribution in [0.5, 0.6) is 0 Å². The second-order valence-electron chi connectivity index (χ2n) is 12.3. The molecule has 6 nitrogen and oxygen atoms in total. The molecule has 0 aromatic rings.